The standard InChI is InChI=1S/C15H23N3O4S/c1-4-7-18(15(20)22-21-13(19)9(2)3)10-5-6-11-12(8-10)23-14(16)17-11/h9-10H,4-8H2,1-3H3,(H2,16,17)/t10-/m0/s1. The molecule has 0 spiro atoms. The fraction of sp³-hybridized carbons (Fsp3) is 0.667. The molecule has 0 saturated heterocycles. The van der Waals surface area contributed by atoms with Gasteiger partial charge in [0, 0.05) is 23.9 Å². The first-order chi connectivity index (χ1) is 10.9. The lowest BCUT2D eigenvalue weighted by Gasteiger charge is -2.32. The maximum atomic E-state index is 12.3. The number of hydrogen-bond acceptors (Lipinski definition) is 7. The van der Waals surface area contributed by atoms with Crippen molar-refractivity contribution >= 4 is 28.5 Å². The van der Waals surface area contributed by atoms with Crippen LogP contribution in [-0.2, 0) is 27.4 Å². The van der Waals surface area contributed by atoms with E-state index in [1.165, 1.54) is 11.3 Å². The van der Waals surface area contributed by atoms with E-state index in [2.05, 4.69) is 9.87 Å². The number of nitrogens with two attached hydrogens (primary N) is 1. The van der Waals surface area contributed by atoms with E-state index in [4.69, 9.17) is 10.6 Å². The van der Waals surface area contributed by atoms with Crippen molar-refractivity contribution in [1.29, 1.82) is 0 Å². The second-order valence-electron chi connectivity index (χ2n) is 5.92. The van der Waals surface area contributed by atoms with Crippen molar-refractivity contribution in [3.8, 4) is 0 Å². The van der Waals surface area contributed by atoms with Gasteiger partial charge in [0.25, 0.3) is 0 Å². The minimum atomic E-state index is -0.619. The lowest BCUT2D eigenvalue weighted by Crippen LogP contribution is -2.44. The van der Waals surface area contributed by atoms with Gasteiger partial charge in [-0.05, 0) is 19.3 Å². The van der Waals surface area contributed by atoms with Gasteiger partial charge in [-0.25, -0.2) is 24.3 Å². The second-order valence-corrected chi connectivity index (χ2v) is 7.03. The zero-order valence-corrected chi connectivity index (χ0v) is 14.5. The van der Waals surface area contributed by atoms with E-state index >= 15 is 0 Å². The quantitative estimate of drug-likeness (QED) is 0.668. The largest absolute Gasteiger partial charge is 0.453 e. The van der Waals surface area contributed by atoms with Crippen molar-refractivity contribution in [2.75, 3.05) is 12.3 Å². The molecule has 2 N–H and O–H groups in total. The van der Waals surface area contributed by atoms with Crippen LogP contribution < -0.4 is 5.73 Å². The first-order valence-electron chi connectivity index (χ1n) is 7.85. The number of aromatic nitrogens is 1. The Hall–Kier alpha value is -1.83. The number of rotatable bonds is 4. The molecule has 23 heavy (non-hydrogen) atoms. The Bertz CT molecular complexity index is 573. The second kappa shape index (κ2) is 7.63. The molecule has 1 aliphatic rings. The molecule has 0 bridgehead atoms. The number of carbonyl (C=O) groups is 2. The van der Waals surface area contributed by atoms with Crippen LogP contribution in [0, 0.1) is 5.92 Å². The average molecular weight is 341 g/mol. The summed E-state index contributed by atoms with van der Waals surface area (Å²) in [5.41, 5.74) is 6.78. The van der Waals surface area contributed by atoms with Gasteiger partial charge < -0.3 is 10.6 Å². The molecule has 0 aliphatic heterocycles. The van der Waals surface area contributed by atoms with Crippen LogP contribution in [0.2, 0.25) is 0 Å². The molecule has 0 radical (unpaired) electrons. The Morgan fingerprint density at radius 2 is 2.17 bits per heavy atom. The molecular formula is C15H23N3O4S. The van der Waals surface area contributed by atoms with Gasteiger partial charge in [0.1, 0.15) is 0 Å². The summed E-state index contributed by atoms with van der Waals surface area (Å²) in [6, 6.07) is 0.00699. The van der Waals surface area contributed by atoms with Crippen LogP contribution in [0.4, 0.5) is 9.93 Å². The number of nitrogens with zero attached hydrogens (tertiary/aromatic N) is 2. The van der Waals surface area contributed by atoms with Crippen LogP contribution >= 0.6 is 11.3 Å². The number of amides is 1. The summed E-state index contributed by atoms with van der Waals surface area (Å²) in [7, 11) is 0. The van der Waals surface area contributed by atoms with E-state index in [1.54, 1.807) is 18.7 Å². The van der Waals surface area contributed by atoms with Crippen LogP contribution in [0.25, 0.3) is 0 Å². The lowest BCUT2D eigenvalue weighted by atomic mass is 9.96. The van der Waals surface area contributed by atoms with E-state index in [-0.39, 0.29) is 12.0 Å². The van der Waals surface area contributed by atoms with Crippen molar-refractivity contribution in [2.24, 2.45) is 5.92 Å². The molecule has 1 aromatic rings. The van der Waals surface area contributed by atoms with Gasteiger partial charge in [-0.1, -0.05) is 20.8 Å². The Balaban J connectivity index is 2.00. The molecule has 7 nitrogen and oxygen atoms in total. The fourth-order valence-corrected chi connectivity index (χ4v) is 3.48. The number of hydrogen-bond donors (Lipinski definition) is 1. The number of aryl methyl sites for hydroxylation is 1. The van der Waals surface area contributed by atoms with Crippen LogP contribution in [0.15, 0.2) is 0 Å². The monoisotopic (exact) mass is 341 g/mol. The van der Waals surface area contributed by atoms with E-state index in [9.17, 15) is 9.59 Å². The van der Waals surface area contributed by atoms with E-state index in [0.717, 1.165) is 29.8 Å². The van der Waals surface area contributed by atoms with Gasteiger partial charge in [0.05, 0.1) is 11.6 Å². The lowest BCUT2D eigenvalue weighted by molar-refractivity contribution is -0.241. The van der Waals surface area contributed by atoms with Crippen molar-refractivity contribution < 1.29 is 19.4 Å². The molecule has 1 heterocycles. The highest BCUT2D eigenvalue weighted by Crippen LogP contribution is 2.30. The first kappa shape index (κ1) is 17.5. The molecule has 0 fully saturated rings. The summed E-state index contributed by atoms with van der Waals surface area (Å²) in [4.78, 5) is 40.1. The molecule has 0 unspecified atom stereocenters. The number of fused-ring (bicyclic) bond motifs is 1. The third kappa shape index (κ3) is 4.34. The molecule has 1 aromatic heterocycles. The summed E-state index contributed by atoms with van der Waals surface area (Å²) >= 11 is 1.47. The number of thiazole rings is 1. The molecular weight excluding hydrogens is 318 g/mol. The third-order valence-corrected chi connectivity index (χ3v) is 4.69. The van der Waals surface area contributed by atoms with Crippen LogP contribution in [0.1, 0.15) is 44.2 Å². The van der Waals surface area contributed by atoms with Gasteiger partial charge in [0.2, 0.25) is 0 Å². The summed E-state index contributed by atoms with van der Waals surface area (Å²) in [6.45, 7) is 5.89. The minimum Gasteiger partial charge on any atom is -0.375 e. The Labute approximate surface area is 139 Å². The summed E-state index contributed by atoms with van der Waals surface area (Å²) < 4.78 is 0. The van der Waals surface area contributed by atoms with Crippen LogP contribution in [0.5, 0.6) is 0 Å². The topological polar surface area (TPSA) is 94.8 Å². The molecule has 1 amide bonds. The zero-order chi connectivity index (χ0) is 17.0. The highest BCUT2D eigenvalue weighted by atomic mass is 32.1. The maximum absolute atomic E-state index is 12.3. The molecule has 0 saturated carbocycles. The fourth-order valence-electron chi connectivity index (χ4n) is 2.53. The van der Waals surface area contributed by atoms with Crippen LogP contribution in [-0.4, -0.2) is 34.5 Å². The van der Waals surface area contributed by atoms with Crippen molar-refractivity contribution in [2.45, 2.75) is 52.5 Å². The smallest absolute Gasteiger partial charge is 0.375 e. The summed E-state index contributed by atoms with van der Waals surface area (Å²) in [6.07, 6.45) is 2.46. The molecule has 1 atom stereocenters. The molecule has 0 aromatic carbocycles. The highest BCUT2D eigenvalue weighted by Gasteiger charge is 2.31. The number of carbonyl (C=O) groups excluding carboxylic acids is 2. The SMILES string of the molecule is CCCN(C(=O)OOC(=O)C(C)C)[C@H]1CCc2nc(N)sc2C1. The molecule has 2 rings (SSSR count). The number of anilines is 1. The van der Waals surface area contributed by atoms with Crippen LogP contribution in [0.3, 0.4) is 0 Å². The average Bonchev–Trinajstić information content (AvgIpc) is 2.88. The van der Waals surface area contributed by atoms with Gasteiger partial charge in [-0.15, -0.1) is 11.3 Å². The van der Waals surface area contributed by atoms with E-state index in [1.807, 2.05) is 6.92 Å². The summed E-state index contributed by atoms with van der Waals surface area (Å²) in [5, 5.41) is 0.561. The number of nitrogen functional groups attached to an aromatic ring is 1. The van der Waals surface area contributed by atoms with Gasteiger partial charge in [-0.3, -0.25) is 0 Å². The normalized spacial score (nSPS) is 16.8. The van der Waals surface area contributed by atoms with Gasteiger partial charge in [-0.2, -0.15) is 0 Å². The highest BCUT2D eigenvalue weighted by molar-refractivity contribution is 7.15. The van der Waals surface area contributed by atoms with E-state index in [0.29, 0.717) is 18.1 Å². The summed E-state index contributed by atoms with van der Waals surface area (Å²) in [5.74, 6) is -0.907. The van der Waals surface area contributed by atoms with Crippen molar-refractivity contribution in [3.05, 3.63) is 10.6 Å². The Kier molecular flexibility index (Phi) is 5.81. The van der Waals surface area contributed by atoms with Gasteiger partial charge in [0.15, 0.2) is 5.13 Å². The van der Waals surface area contributed by atoms with E-state index < -0.39 is 12.1 Å². The molecule has 128 valence electrons. The first-order valence-corrected chi connectivity index (χ1v) is 8.67. The molecule has 1 aliphatic carbocycles. The van der Waals surface area contributed by atoms with Gasteiger partial charge >= 0.3 is 12.1 Å². The van der Waals surface area contributed by atoms with Crippen molar-refractivity contribution in [3.63, 3.8) is 0 Å². The van der Waals surface area contributed by atoms with Crippen molar-refractivity contribution in [1.82, 2.24) is 9.88 Å². The predicted octanol–water partition coefficient (Wildman–Crippen LogP) is 2.55. The Morgan fingerprint density at radius 3 is 2.83 bits per heavy atom. The predicted molar refractivity (Wildman–Crippen MR) is 86.7 cm³/mol. The molecule has 8 heteroatoms. The maximum Gasteiger partial charge on any atom is 0.453 e. The Morgan fingerprint density at radius 1 is 1.43 bits per heavy atom. The third-order valence-electron chi connectivity index (χ3n) is 3.74. The zero-order valence-electron chi connectivity index (χ0n) is 13.7. The minimum absolute atomic E-state index is 0.00699.